The van der Waals surface area contributed by atoms with Crippen LogP contribution in [0.25, 0.3) is 16.9 Å². The molecule has 192 valence electrons. The third-order valence-electron chi connectivity index (χ3n) is 6.00. The van der Waals surface area contributed by atoms with Crippen molar-refractivity contribution < 1.29 is 14.3 Å². The predicted octanol–water partition coefficient (Wildman–Crippen LogP) is 4.83. The van der Waals surface area contributed by atoms with E-state index in [2.05, 4.69) is 44.6 Å². The van der Waals surface area contributed by atoms with Crippen LogP contribution in [0.3, 0.4) is 0 Å². The second kappa shape index (κ2) is 10.6. The first-order valence-electron chi connectivity index (χ1n) is 12.8. The molecule has 0 unspecified atom stereocenters. The highest BCUT2D eigenvalue weighted by Gasteiger charge is 2.30. The van der Waals surface area contributed by atoms with E-state index in [-0.39, 0.29) is 17.9 Å². The molecule has 36 heavy (non-hydrogen) atoms. The molecule has 3 heterocycles. The lowest BCUT2D eigenvalue weighted by molar-refractivity contribution is -0.117. The van der Waals surface area contributed by atoms with Gasteiger partial charge in [-0.25, -0.2) is 9.31 Å². The highest BCUT2D eigenvalue weighted by Crippen LogP contribution is 2.30. The summed E-state index contributed by atoms with van der Waals surface area (Å²) < 4.78 is 7.25. The Hall–Kier alpha value is -3.62. The van der Waals surface area contributed by atoms with Crippen molar-refractivity contribution in [2.45, 2.75) is 53.1 Å². The first kappa shape index (κ1) is 25.5. The van der Waals surface area contributed by atoms with Crippen molar-refractivity contribution >= 4 is 29.3 Å². The van der Waals surface area contributed by atoms with Gasteiger partial charge < -0.3 is 14.5 Å². The largest absolute Gasteiger partial charge is 0.444 e. The van der Waals surface area contributed by atoms with Gasteiger partial charge in [-0.15, -0.1) is 5.10 Å². The van der Waals surface area contributed by atoms with Crippen LogP contribution in [0.15, 0.2) is 42.5 Å². The van der Waals surface area contributed by atoms with E-state index in [1.54, 1.807) is 9.42 Å². The van der Waals surface area contributed by atoms with E-state index in [1.165, 1.54) is 0 Å². The zero-order valence-corrected chi connectivity index (χ0v) is 21.8. The maximum atomic E-state index is 12.3. The third kappa shape index (κ3) is 5.95. The standard InChI is InChI=1S/C25H30N6O3.C2H6/c1-25(2,3)34-24(33)30-15-13-29(14-16-30)19-11-9-17(10-12-19)20-5-4-6-21-26-23(28-31(20)21)27-22(32)18-7-8-18;1-2/h4-6,9-12,18H,7-8,13-16H2,1-3H3,(H,27,28,32);1-2H3. The average Bonchev–Trinajstić information content (AvgIpc) is 3.64. The Kier molecular flexibility index (Phi) is 7.47. The van der Waals surface area contributed by atoms with Crippen LogP contribution < -0.4 is 10.2 Å². The summed E-state index contributed by atoms with van der Waals surface area (Å²) in [4.78, 5) is 32.9. The molecule has 9 heteroatoms. The Morgan fingerprint density at radius 2 is 1.64 bits per heavy atom. The molecule has 1 aromatic carbocycles. The van der Waals surface area contributed by atoms with Gasteiger partial charge in [0.2, 0.25) is 11.9 Å². The monoisotopic (exact) mass is 492 g/mol. The predicted molar refractivity (Wildman–Crippen MR) is 141 cm³/mol. The van der Waals surface area contributed by atoms with Gasteiger partial charge in [0.25, 0.3) is 0 Å². The normalized spacial score (nSPS) is 15.8. The van der Waals surface area contributed by atoms with Gasteiger partial charge in [-0.1, -0.05) is 32.0 Å². The molecule has 0 atom stereocenters. The van der Waals surface area contributed by atoms with Crippen molar-refractivity contribution in [3.63, 3.8) is 0 Å². The summed E-state index contributed by atoms with van der Waals surface area (Å²) in [5.74, 6) is 0.432. The summed E-state index contributed by atoms with van der Waals surface area (Å²) in [6.07, 6.45) is 1.62. The molecule has 0 spiro atoms. The Bertz CT molecular complexity index is 1200. The number of amides is 2. The summed E-state index contributed by atoms with van der Waals surface area (Å²) in [5.41, 5.74) is 3.22. The Balaban J connectivity index is 0.00000148. The number of pyridine rings is 1. The molecular weight excluding hydrogens is 456 g/mol. The fourth-order valence-corrected chi connectivity index (χ4v) is 4.05. The van der Waals surface area contributed by atoms with Gasteiger partial charge in [-0.05, 0) is 57.9 Å². The van der Waals surface area contributed by atoms with E-state index in [0.717, 1.165) is 42.9 Å². The molecule has 2 amide bonds. The number of nitrogens with zero attached hydrogens (tertiary/aromatic N) is 5. The van der Waals surface area contributed by atoms with Crippen molar-refractivity contribution in [3.8, 4) is 11.3 Å². The second-order valence-electron chi connectivity index (χ2n) is 9.88. The molecule has 2 fully saturated rings. The van der Waals surface area contributed by atoms with E-state index >= 15 is 0 Å². The molecule has 2 aliphatic rings. The smallest absolute Gasteiger partial charge is 0.410 e. The summed E-state index contributed by atoms with van der Waals surface area (Å²) in [6, 6.07) is 14.1. The number of nitrogens with one attached hydrogen (secondary N) is 1. The molecule has 0 bridgehead atoms. The number of hydrogen-bond donors (Lipinski definition) is 1. The van der Waals surface area contributed by atoms with Gasteiger partial charge in [0.05, 0.1) is 5.69 Å². The lowest BCUT2D eigenvalue weighted by Gasteiger charge is -2.36. The third-order valence-corrected chi connectivity index (χ3v) is 6.00. The van der Waals surface area contributed by atoms with Gasteiger partial charge in [-0.3, -0.25) is 10.1 Å². The molecule has 1 aliphatic carbocycles. The van der Waals surface area contributed by atoms with Gasteiger partial charge in [-0.2, -0.15) is 4.98 Å². The molecule has 2 aromatic heterocycles. The van der Waals surface area contributed by atoms with Crippen LogP contribution in [0.2, 0.25) is 0 Å². The lowest BCUT2D eigenvalue weighted by Crippen LogP contribution is -2.50. The number of aromatic nitrogens is 3. The fraction of sp³-hybridized carbons (Fsp3) is 0.481. The Morgan fingerprint density at radius 3 is 2.25 bits per heavy atom. The van der Waals surface area contributed by atoms with Crippen LogP contribution in [0.1, 0.15) is 47.5 Å². The molecule has 1 N–H and O–H groups in total. The number of carbonyl (C=O) groups excluding carboxylic acids is 2. The van der Waals surface area contributed by atoms with E-state index < -0.39 is 5.60 Å². The van der Waals surface area contributed by atoms with Gasteiger partial charge >= 0.3 is 6.09 Å². The van der Waals surface area contributed by atoms with Gasteiger partial charge in [0.15, 0.2) is 5.65 Å². The number of carbonyl (C=O) groups is 2. The van der Waals surface area contributed by atoms with E-state index in [0.29, 0.717) is 24.7 Å². The van der Waals surface area contributed by atoms with Crippen molar-refractivity contribution in [2.75, 3.05) is 36.4 Å². The van der Waals surface area contributed by atoms with Crippen LogP contribution in [0.4, 0.5) is 16.4 Å². The molecule has 5 rings (SSSR count). The minimum atomic E-state index is -0.486. The van der Waals surface area contributed by atoms with Crippen molar-refractivity contribution in [1.82, 2.24) is 19.5 Å². The Morgan fingerprint density at radius 1 is 0.972 bits per heavy atom. The maximum absolute atomic E-state index is 12.3. The zero-order chi connectivity index (χ0) is 25.9. The molecule has 1 saturated heterocycles. The van der Waals surface area contributed by atoms with Gasteiger partial charge in [0, 0.05) is 43.3 Å². The molecule has 1 aliphatic heterocycles. The van der Waals surface area contributed by atoms with E-state index in [4.69, 9.17) is 4.74 Å². The number of benzene rings is 1. The van der Waals surface area contributed by atoms with Crippen molar-refractivity contribution in [3.05, 3.63) is 42.5 Å². The van der Waals surface area contributed by atoms with Crippen molar-refractivity contribution in [2.24, 2.45) is 5.92 Å². The number of rotatable bonds is 4. The number of hydrogen-bond acceptors (Lipinski definition) is 6. The van der Waals surface area contributed by atoms with Crippen LogP contribution in [0, 0.1) is 5.92 Å². The molecule has 9 nitrogen and oxygen atoms in total. The number of anilines is 2. The topological polar surface area (TPSA) is 92.1 Å². The summed E-state index contributed by atoms with van der Waals surface area (Å²) >= 11 is 0. The highest BCUT2D eigenvalue weighted by molar-refractivity contribution is 5.92. The van der Waals surface area contributed by atoms with Crippen molar-refractivity contribution in [1.29, 1.82) is 0 Å². The molecule has 0 radical (unpaired) electrons. The lowest BCUT2D eigenvalue weighted by atomic mass is 10.1. The molecule has 3 aromatic rings. The second-order valence-corrected chi connectivity index (χ2v) is 9.88. The SMILES string of the molecule is CC.CC(C)(C)OC(=O)N1CCN(c2ccc(-c3cccc4nc(NC(=O)C5CC5)nn34)cc2)CC1. The summed E-state index contributed by atoms with van der Waals surface area (Å²) in [6.45, 7) is 12.4. The number of fused-ring (bicyclic) bond motifs is 1. The van der Waals surface area contributed by atoms with Crippen LogP contribution in [0.5, 0.6) is 0 Å². The first-order chi connectivity index (χ1) is 17.3. The fourth-order valence-electron chi connectivity index (χ4n) is 4.05. The summed E-state index contributed by atoms with van der Waals surface area (Å²) in [5, 5.41) is 7.34. The molecular formula is C27H36N6O3. The summed E-state index contributed by atoms with van der Waals surface area (Å²) in [7, 11) is 0. The number of piperazine rings is 1. The first-order valence-corrected chi connectivity index (χ1v) is 12.8. The van der Waals surface area contributed by atoms with Gasteiger partial charge in [0.1, 0.15) is 5.60 Å². The van der Waals surface area contributed by atoms with E-state index in [1.807, 2.05) is 52.8 Å². The zero-order valence-electron chi connectivity index (χ0n) is 21.8. The molecule has 1 saturated carbocycles. The van der Waals surface area contributed by atoms with Crippen LogP contribution in [-0.2, 0) is 9.53 Å². The van der Waals surface area contributed by atoms with Crippen LogP contribution in [-0.4, -0.2) is 63.3 Å². The average molecular weight is 493 g/mol. The minimum Gasteiger partial charge on any atom is -0.444 e. The Labute approximate surface area is 212 Å². The maximum Gasteiger partial charge on any atom is 0.410 e. The van der Waals surface area contributed by atoms with E-state index in [9.17, 15) is 9.59 Å². The number of ether oxygens (including phenoxy) is 1. The van der Waals surface area contributed by atoms with Crippen LogP contribution >= 0.6 is 0 Å². The minimum absolute atomic E-state index is 0.00595. The quantitative estimate of drug-likeness (QED) is 0.561. The highest BCUT2D eigenvalue weighted by atomic mass is 16.6.